The third-order valence-electron chi connectivity index (χ3n) is 3.60. The lowest BCUT2D eigenvalue weighted by molar-refractivity contribution is -0.136. The lowest BCUT2D eigenvalue weighted by atomic mass is 10.1. The molecule has 0 unspecified atom stereocenters. The van der Waals surface area contributed by atoms with Gasteiger partial charge in [0.15, 0.2) is 0 Å². The number of aryl methyl sites for hydroxylation is 2. The first-order valence-electron chi connectivity index (χ1n) is 7.91. The first kappa shape index (κ1) is 16.7. The van der Waals surface area contributed by atoms with Gasteiger partial charge in [-0.05, 0) is 42.5 Å². The summed E-state index contributed by atoms with van der Waals surface area (Å²) in [5.74, 6) is -1.23. The van der Waals surface area contributed by atoms with Gasteiger partial charge in [0.05, 0.1) is 0 Å². The summed E-state index contributed by atoms with van der Waals surface area (Å²) in [4.78, 5) is 23.6. The number of benzene rings is 2. The minimum Gasteiger partial charge on any atom is -0.348 e. The average molecular weight is 310 g/mol. The van der Waals surface area contributed by atoms with Gasteiger partial charge in [-0.2, -0.15) is 0 Å². The van der Waals surface area contributed by atoms with E-state index in [1.54, 1.807) is 12.1 Å². The molecule has 4 nitrogen and oxygen atoms in total. The molecule has 0 atom stereocenters. The number of amides is 2. The number of anilines is 1. The highest BCUT2D eigenvalue weighted by Crippen LogP contribution is 2.09. The molecule has 23 heavy (non-hydrogen) atoms. The quantitative estimate of drug-likeness (QED) is 0.636. The third kappa shape index (κ3) is 5.58. The van der Waals surface area contributed by atoms with Crippen LogP contribution in [0, 0.1) is 0 Å². The van der Waals surface area contributed by atoms with Crippen molar-refractivity contribution in [3.05, 3.63) is 65.7 Å². The standard InChI is InChI=1S/C19H22N2O2/c1-2-15-10-12-17(13-11-15)21-19(23)18(22)20-14-6-9-16-7-4-3-5-8-16/h3-5,7-8,10-13H,2,6,9,14H2,1H3,(H,20,22)(H,21,23). The minimum atomic E-state index is -0.631. The molecule has 0 heterocycles. The largest absolute Gasteiger partial charge is 0.348 e. The SMILES string of the molecule is CCc1ccc(NC(=O)C(=O)NCCCc2ccccc2)cc1. The molecule has 2 aromatic rings. The molecular weight excluding hydrogens is 288 g/mol. The van der Waals surface area contributed by atoms with E-state index in [1.165, 1.54) is 11.1 Å². The van der Waals surface area contributed by atoms with E-state index in [0.717, 1.165) is 19.3 Å². The molecular formula is C19H22N2O2. The van der Waals surface area contributed by atoms with Crippen LogP contribution in [-0.2, 0) is 22.4 Å². The van der Waals surface area contributed by atoms with Crippen LogP contribution in [-0.4, -0.2) is 18.4 Å². The summed E-state index contributed by atoms with van der Waals surface area (Å²) < 4.78 is 0. The van der Waals surface area contributed by atoms with E-state index in [2.05, 4.69) is 29.7 Å². The van der Waals surface area contributed by atoms with E-state index in [4.69, 9.17) is 0 Å². The zero-order valence-electron chi connectivity index (χ0n) is 13.3. The molecule has 0 saturated carbocycles. The van der Waals surface area contributed by atoms with Gasteiger partial charge in [0.1, 0.15) is 0 Å². The van der Waals surface area contributed by atoms with Crippen molar-refractivity contribution >= 4 is 17.5 Å². The van der Waals surface area contributed by atoms with Crippen LogP contribution in [0.1, 0.15) is 24.5 Å². The molecule has 0 spiro atoms. The Balaban J connectivity index is 1.71. The van der Waals surface area contributed by atoms with E-state index in [1.807, 2.05) is 30.3 Å². The Morgan fingerprint density at radius 1 is 0.870 bits per heavy atom. The van der Waals surface area contributed by atoms with E-state index in [9.17, 15) is 9.59 Å². The van der Waals surface area contributed by atoms with Gasteiger partial charge in [-0.25, -0.2) is 0 Å². The fraction of sp³-hybridized carbons (Fsp3) is 0.263. The van der Waals surface area contributed by atoms with Crippen molar-refractivity contribution in [2.24, 2.45) is 0 Å². The highest BCUT2D eigenvalue weighted by atomic mass is 16.2. The van der Waals surface area contributed by atoms with Gasteiger partial charge in [0, 0.05) is 12.2 Å². The molecule has 0 aliphatic carbocycles. The summed E-state index contributed by atoms with van der Waals surface area (Å²) in [5.41, 5.74) is 3.04. The van der Waals surface area contributed by atoms with Gasteiger partial charge >= 0.3 is 11.8 Å². The van der Waals surface area contributed by atoms with E-state index in [-0.39, 0.29) is 0 Å². The first-order valence-corrected chi connectivity index (χ1v) is 7.91. The summed E-state index contributed by atoms with van der Waals surface area (Å²) in [6.07, 6.45) is 2.62. The van der Waals surface area contributed by atoms with E-state index < -0.39 is 11.8 Å². The molecule has 4 heteroatoms. The normalized spacial score (nSPS) is 10.1. The number of nitrogens with one attached hydrogen (secondary N) is 2. The van der Waals surface area contributed by atoms with Crippen LogP contribution in [0.15, 0.2) is 54.6 Å². The highest BCUT2D eigenvalue weighted by Gasteiger charge is 2.12. The molecule has 0 saturated heterocycles. The Morgan fingerprint density at radius 3 is 2.22 bits per heavy atom. The van der Waals surface area contributed by atoms with Crippen LogP contribution in [0.25, 0.3) is 0 Å². The van der Waals surface area contributed by atoms with Crippen LogP contribution in [0.4, 0.5) is 5.69 Å². The fourth-order valence-corrected chi connectivity index (χ4v) is 2.23. The molecule has 2 rings (SSSR count). The van der Waals surface area contributed by atoms with Crippen LogP contribution in [0.5, 0.6) is 0 Å². The maximum absolute atomic E-state index is 11.8. The summed E-state index contributed by atoms with van der Waals surface area (Å²) >= 11 is 0. The molecule has 2 amide bonds. The van der Waals surface area contributed by atoms with Crippen LogP contribution in [0.2, 0.25) is 0 Å². The van der Waals surface area contributed by atoms with E-state index in [0.29, 0.717) is 12.2 Å². The van der Waals surface area contributed by atoms with Crippen LogP contribution < -0.4 is 10.6 Å². The van der Waals surface area contributed by atoms with Crippen molar-refractivity contribution < 1.29 is 9.59 Å². The Morgan fingerprint density at radius 2 is 1.57 bits per heavy atom. The molecule has 120 valence electrons. The van der Waals surface area contributed by atoms with Gasteiger partial charge in [-0.1, -0.05) is 49.4 Å². The second-order valence-electron chi connectivity index (χ2n) is 5.35. The molecule has 0 fully saturated rings. The second-order valence-corrected chi connectivity index (χ2v) is 5.35. The molecule has 2 aromatic carbocycles. The molecule has 0 aliphatic rings. The topological polar surface area (TPSA) is 58.2 Å². The van der Waals surface area contributed by atoms with Crippen molar-refractivity contribution in [2.75, 3.05) is 11.9 Å². The zero-order chi connectivity index (χ0) is 16.5. The lowest BCUT2D eigenvalue weighted by Crippen LogP contribution is -2.36. The Hall–Kier alpha value is -2.62. The summed E-state index contributed by atoms with van der Waals surface area (Å²) in [7, 11) is 0. The Kier molecular flexibility index (Phi) is 6.36. The van der Waals surface area contributed by atoms with Crippen molar-refractivity contribution in [3.8, 4) is 0 Å². The summed E-state index contributed by atoms with van der Waals surface area (Å²) in [6, 6.07) is 17.5. The fourth-order valence-electron chi connectivity index (χ4n) is 2.23. The van der Waals surface area contributed by atoms with Crippen LogP contribution in [0.3, 0.4) is 0 Å². The molecule has 0 radical (unpaired) electrons. The maximum Gasteiger partial charge on any atom is 0.313 e. The number of carbonyl (C=O) groups is 2. The van der Waals surface area contributed by atoms with Gasteiger partial charge in [0.2, 0.25) is 0 Å². The van der Waals surface area contributed by atoms with Crippen molar-refractivity contribution in [3.63, 3.8) is 0 Å². The number of hydrogen-bond acceptors (Lipinski definition) is 2. The number of hydrogen-bond donors (Lipinski definition) is 2. The second kappa shape index (κ2) is 8.73. The van der Waals surface area contributed by atoms with Gasteiger partial charge in [-0.3, -0.25) is 9.59 Å². The molecule has 0 bridgehead atoms. The maximum atomic E-state index is 11.8. The van der Waals surface area contributed by atoms with Gasteiger partial charge in [-0.15, -0.1) is 0 Å². The van der Waals surface area contributed by atoms with Crippen molar-refractivity contribution in [2.45, 2.75) is 26.2 Å². The molecule has 0 aliphatic heterocycles. The minimum absolute atomic E-state index is 0.482. The Labute approximate surface area is 136 Å². The molecule has 0 aromatic heterocycles. The zero-order valence-corrected chi connectivity index (χ0v) is 13.3. The average Bonchev–Trinajstić information content (AvgIpc) is 2.60. The van der Waals surface area contributed by atoms with E-state index >= 15 is 0 Å². The summed E-state index contributed by atoms with van der Waals surface area (Å²) in [6.45, 7) is 2.55. The van der Waals surface area contributed by atoms with Crippen LogP contribution >= 0.6 is 0 Å². The van der Waals surface area contributed by atoms with Crippen molar-refractivity contribution in [1.82, 2.24) is 5.32 Å². The van der Waals surface area contributed by atoms with Crippen molar-refractivity contribution in [1.29, 1.82) is 0 Å². The lowest BCUT2D eigenvalue weighted by Gasteiger charge is -2.07. The number of carbonyl (C=O) groups excluding carboxylic acids is 2. The smallest absolute Gasteiger partial charge is 0.313 e. The number of rotatable bonds is 6. The van der Waals surface area contributed by atoms with Gasteiger partial charge < -0.3 is 10.6 Å². The van der Waals surface area contributed by atoms with Gasteiger partial charge in [0.25, 0.3) is 0 Å². The third-order valence-corrected chi connectivity index (χ3v) is 3.60. The Bertz CT molecular complexity index is 636. The molecule has 2 N–H and O–H groups in total. The predicted octanol–water partition coefficient (Wildman–Crippen LogP) is 2.94. The first-order chi connectivity index (χ1) is 11.2. The summed E-state index contributed by atoms with van der Waals surface area (Å²) in [5, 5.41) is 5.25. The monoisotopic (exact) mass is 310 g/mol. The predicted molar refractivity (Wildman–Crippen MR) is 92.2 cm³/mol. The highest BCUT2D eigenvalue weighted by molar-refractivity contribution is 6.39.